The van der Waals surface area contributed by atoms with E-state index in [0.29, 0.717) is 29.2 Å². The van der Waals surface area contributed by atoms with Gasteiger partial charge >= 0.3 is 0 Å². The molecular weight excluding hydrogens is 292 g/mol. The molecule has 0 unspecified atom stereocenters. The van der Waals surface area contributed by atoms with Crippen molar-refractivity contribution >= 4 is 23.1 Å². The SMILES string of the molecule is CC(C)n1nc(C=NOCc2ccccc2)c2c(N)ncnc21. The molecule has 0 atom stereocenters. The van der Waals surface area contributed by atoms with Gasteiger partial charge in [-0.05, 0) is 19.4 Å². The second kappa shape index (κ2) is 6.43. The van der Waals surface area contributed by atoms with Gasteiger partial charge in [-0.15, -0.1) is 0 Å². The lowest BCUT2D eigenvalue weighted by atomic mass is 10.2. The molecule has 0 amide bonds. The highest BCUT2D eigenvalue weighted by molar-refractivity contribution is 6.00. The average Bonchev–Trinajstić information content (AvgIpc) is 2.93. The van der Waals surface area contributed by atoms with Crippen LogP contribution in [-0.2, 0) is 11.4 Å². The van der Waals surface area contributed by atoms with Gasteiger partial charge in [0.25, 0.3) is 0 Å². The van der Waals surface area contributed by atoms with Crippen LogP contribution in [0.3, 0.4) is 0 Å². The molecule has 7 heteroatoms. The molecule has 0 aliphatic carbocycles. The van der Waals surface area contributed by atoms with Crippen molar-refractivity contribution in [1.29, 1.82) is 0 Å². The van der Waals surface area contributed by atoms with Gasteiger partial charge < -0.3 is 10.6 Å². The van der Waals surface area contributed by atoms with Gasteiger partial charge in [0.2, 0.25) is 0 Å². The Morgan fingerprint density at radius 3 is 2.78 bits per heavy atom. The summed E-state index contributed by atoms with van der Waals surface area (Å²) in [6.07, 6.45) is 2.98. The number of nitrogens with two attached hydrogens (primary N) is 1. The number of nitrogens with zero attached hydrogens (tertiary/aromatic N) is 5. The molecule has 2 N–H and O–H groups in total. The lowest BCUT2D eigenvalue weighted by molar-refractivity contribution is 0.132. The summed E-state index contributed by atoms with van der Waals surface area (Å²) in [7, 11) is 0. The maximum Gasteiger partial charge on any atom is 0.164 e. The van der Waals surface area contributed by atoms with Gasteiger partial charge in [0.05, 0.1) is 11.6 Å². The van der Waals surface area contributed by atoms with Crippen molar-refractivity contribution in [1.82, 2.24) is 19.7 Å². The molecule has 0 spiro atoms. The molecule has 3 aromatic rings. The summed E-state index contributed by atoms with van der Waals surface area (Å²) in [6.45, 7) is 4.45. The van der Waals surface area contributed by atoms with Crippen LogP contribution in [0.2, 0.25) is 0 Å². The lowest BCUT2D eigenvalue weighted by Gasteiger charge is -2.05. The Labute approximate surface area is 133 Å². The molecule has 2 aromatic heterocycles. The van der Waals surface area contributed by atoms with Gasteiger partial charge in [-0.1, -0.05) is 35.5 Å². The molecular formula is C16H18N6O. The maximum absolute atomic E-state index is 5.96. The van der Waals surface area contributed by atoms with Gasteiger partial charge in [-0.25, -0.2) is 14.6 Å². The van der Waals surface area contributed by atoms with Crippen LogP contribution in [0.15, 0.2) is 41.8 Å². The third kappa shape index (κ3) is 3.13. The van der Waals surface area contributed by atoms with E-state index in [1.807, 2.05) is 44.2 Å². The minimum atomic E-state index is 0.152. The van der Waals surface area contributed by atoms with Crippen LogP contribution in [0.4, 0.5) is 5.82 Å². The fourth-order valence-corrected chi connectivity index (χ4v) is 2.25. The Morgan fingerprint density at radius 1 is 1.26 bits per heavy atom. The first kappa shape index (κ1) is 15.0. The number of aromatic nitrogens is 4. The predicted octanol–water partition coefficient (Wildman–Crippen LogP) is 2.54. The van der Waals surface area contributed by atoms with Crippen LogP contribution >= 0.6 is 0 Å². The monoisotopic (exact) mass is 310 g/mol. The normalized spacial score (nSPS) is 11.6. The Balaban J connectivity index is 1.83. The molecule has 23 heavy (non-hydrogen) atoms. The van der Waals surface area contributed by atoms with Crippen LogP contribution in [0, 0.1) is 0 Å². The fourth-order valence-electron chi connectivity index (χ4n) is 2.25. The molecule has 0 saturated heterocycles. The number of hydrogen-bond donors (Lipinski definition) is 1. The van der Waals surface area contributed by atoms with E-state index in [-0.39, 0.29) is 6.04 Å². The molecule has 7 nitrogen and oxygen atoms in total. The molecule has 0 aliphatic rings. The van der Waals surface area contributed by atoms with Crippen molar-refractivity contribution < 1.29 is 4.84 Å². The first-order valence-electron chi connectivity index (χ1n) is 7.34. The number of anilines is 1. The van der Waals surface area contributed by atoms with Crippen molar-refractivity contribution in [3.8, 4) is 0 Å². The quantitative estimate of drug-likeness (QED) is 0.577. The number of rotatable bonds is 5. The Hall–Kier alpha value is -2.96. The van der Waals surface area contributed by atoms with Crippen molar-refractivity contribution in [3.05, 3.63) is 47.9 Å². The number of nitrogen functional groups attached to an aromatic ring is 1. The molecule has 3 rings (SSSR count). The number of oxime groups is 1. The van der Waals surface area contributed by atoms with E-state index in [1.54, 1.807) is 10.9 Å². The number of hydrogen-bond acceptors (Lipinski definition) is 6. The van der Waals surface area contributed by atoms with Gasteiger partial charge in [-0.2, -0.15) is 5.10 Å². The third-order valence-electron chi connectivity index (χ3n) is 3.36. The first-order chi connectivity index (χ1) is 11.2. The number of fused-ring (bicyclic) bond motifs is 1. The topological polar surface area (TPSA) is 91.2 Å². The van der Waals surface area contributed by atoms with Crippen molar-refractivity contribution in [2.45, 2.75) is 26.5 Å². The van der Waals surface area contributed by atoms with Crippen LogP contribution in [0.5, 0.6) is 0 Å². The third-order valence-corrected chi connectivity index (χ3v) is 3.36. The smallest absolute Gasteiger partial charge is 0.164 e. The van der Waals surface area contributed by atoms with E-state index >= 15 is 0 Å². The largest absolute Gasteiger partial charge is 0.391 e. The van der Waals surface area contributed by atoms with Gasteiger partial charge in [0.1, 0.15) is 24.4 Å². The van der Waals surface area contributed by atoms with E-state index in [9.17, 15) is 0 Å². The minimum absolute atomic E-state index is 0.152. The van der Waals surface area contributed by atoms with Gasteiger partial charge in [-0.3, -0.25) is 0 Å². The summed E-state index contributed by atoms with van der Waals surface area (Å²) >= 11 is 0. The number of benzene rings is 1. The summed E-state index contributed by atoms with van der Waals surface area (Å²) < 4.78 is 1.80. The first-order valence-corrected chi connectivity index (χ1v) is 7.34. The van der Waals surface area contributed by atoms with Crippen molar-refractivity contribution in [3.63, 3.8) is 0 Å². The molecule has 1 aromatic carbocycles. The highest BCUT2D eigenvalue weighted by Gasteiger charge is 2.15. The van der Waals surface area contributed by atoms with E-state index in [4.69, 9.17) is 10.6 Å². The fraction of sp³-hybridized carbons (Fsp3) is 0.250. The predicted molar refractivity (Wildman–Crippen MR) is 88.9 cm³/mol. The molecule has 0 saturated carbocycles. The van der Waals surface area contributed by atoms with Crippen molar-refractivity contribution in [2.75, 3.05) is 5.73 Å². The van der Waals surface area contributed by atoms with Crippen LogP contribution in [-0.4, -0.2) is 26.0 Å². The highest BCUT2D eigenvalue weighted by atomic mass is 16.6. The molecule has 0 fully saturated rings. The zero-order chi connectivity index (χ0) is 16.2. The van der Waals surface area contributed by atoms with Crippen LogP contribution in [0.1, 0.15) is 31.1 Å². The molecule has 0 radical (unpaired) electrons. The maximum atomic E-state index is 5.96. The minimum Gasteiger partial charge on any atom is -0.391 e. The van der Waals surface area contributed by atoms with Gasteiger partial charge in [0, 0.05) is 6.04 Å². The summed E-state index contributed by atoms with van der Waals surface area (Å²) in [5, 5.41) is 9.18. The second-order valence-electron chi connectivity index (χ2n) is 5.37. The standard InChI is InChI=1S/C16H18N6O/c1-11(2)22-16-14(15(17)18-10-19-16)13(21-22)8-20-23-9-12-6-4-3-5-7-12/h3-8,10-11H,9H2,1-2H3,(H2,17,18,19). The lowest BCUT2D eigenvalue weighted by Crippen LogP contribution is -2.04. The van der Waals surface area contributed by atoms with E-state index in [0.717, 1.165) is 5.56 Å². The Kier molecular flexibility index (Phi) is 4.18. The molecule has 0 aliphatic heterocycles. The molecule has 118 valence electrons. The van der Waals surface area contributed by atoms with Crippen molar-refractivity contribution in [2.24, 2.45) is 5.16 Å². The van der Waals surface area contributed by atoms with E-state index < -0.39 is 0 Å². The average molecular weight is 310 g/mol. The van der Waals surface area contributed by atoms with E-state index in [2.05, 4.69) is 20.2 Å². The Morgan fingerprint density at radius 2 is 2.04 bits per heavy atom. The van der Waals surface area contributed by atoms with Crippen LogP contribution < -0.4 is 5.73 Å². The summed E-state index contributed by atoms with van der Waals surface area (Å²) in [4.78, 5) is 13.6. The Bertz CT molecular complexity index is 825. The highest BCUT2D eigenvalue weighted by Crippen LogP contribution is 2.22. The summed E-state index contributed by atoms with van der Waals surface area (Å²) in [5.41, 5.74) is 8.29. The molecule has 2 heterocycles. The zero-order valence-corrected chi connectivity index (χ0v) is 13.0. The molecule has 0 bridgehead atoms. The van der Waals surface area contributed by atoms with E-state index in [1.165, 1.54) is 6.33 Å². The van der Waals surface area contributed by atoms with Gasteiger partial charge in [0.15, 0.2) is 5.65 Å². The summed E-state index contributed by atoms with van der Waals surface area (Å²) in [5.74, 6) is 0.381. The van der Waals surface area contributed by atoms with Crippen LogP contribution in [0.25, 0.3) is 11.0 Å². The second-order valence-corrected chi connectivity index (χ2v) is 5.37. The zero-order valence-electron chi connectivity index (χ0n) is 13.0. The summed E-state index contributed by atoms with van der Waals surface area (Å²) in [6, 6.07) is 9.98.